The van der Waals surface area contributed by atoms with Crippen molar-refractivity contribution >= 4 is 17.8 Å². The number of nitrogens with one attached hydrogen (secondary N) is 1. The molecule has 11 nitrogen and oxygen atoms in total. The fraction of sp³-hybridized carbons (Fsp3) is 0.346. The predicted octanol–water partition coefficient (Wildman–Crippen LogP) is 1.52. The van der Waals surface area contributed by atoms with Gasteiger partial charge in [-0.1, -0.05) is 42.5 Å². The van der Waals surface area contributed by atoms with Crippen molar-refractivity contribution in [2.75, 3.05) is 6.61 Å². The number of aliphatic hydroxyl groups excluding tert-OH is 3. The van der Waals surface area contributed by atoms with Crippen LogP contribution >= 0.6 is 0 Å². The highest BCUT2D eigenvalue weighted by Crippen LogP contribution is 2.24. The Morgan fingerprint density at radius 1 is 1.16 bits per heavy atom. The van der Waals surface area contributed by atoms with Crippen molar-refractivity contribution in [3.63, 3.8) is 0 Å². The highest BCUT2D eigenvalue weighted by Gasteiger charge is 2.37. The van der Waals surface area contributed by atoms with E-state index in [2.05, 4.69) is 21.5 Å². The summed E-state index contributed by atoms with van der Waals surface area (Å²) in [7, 11) is 0. The molecule has 194 valence electrons. The summed E-state index contributed by atoms with van der Waals surface area (Å²) >= 11 is 0. The Morgan fingerprint density at radius 3 is 2.62 bits per heavy atom. The van der Waals surface area contributed by atoms with Crippen LogP contribution in [0.5, 0.6) is 5.75 Å². The van der Waals surface area contributed by atoms with Gasteiger partial charge in [-0.25, -0.2) is 4.79 Å². The van der Waals surface area contributed by atoms with E-state index in [1.807, 2.05) is 30.3 Å². The SMILES string of the molecule is C#CCCC1=NN=C(c2ccccc2)NN1C(=O)OCc1ccc(OC2CC(O)C(O)C(CO)O2)cc1. The Labute approximate surface area is 214 Å². The first-order chi connectivity index (χ1) is 18.0. The Kier molecular flexibility index (Phi) is 8.71. The minimum absolute atomic E-state index is 0.0189. The molecule has 0 saturated carbocycles. The van der Waals surface area contributed by atoms with Gasteiger partial charge < -0.3 is 29.5 Å². The smallest absolute Gasteiger partial charge is 0.435 e. The van der Waals surface area contributed by atoms with Crippen molar-refractivity contribution in [2.45, 2.75) is 50.5 Å². The minimum atomic E-state index is -1.18. The van der Waals surface area contributed by atoms with Crippen LogP contribution in [0.4, 0.5) is 4.79 Å². The molecule has 2 aliphatic heterocycles. The molecule has 4 rings (SSSR count). The molecule has 0 spiro atoms. The van der Waals surface area contributed by atoms with Gasteiger partial charge in [-0.3, -0.25) is 5.43 Å². The van der Waals surface area contributed by atoms with E-state index in [1.165, 1.54) is 5.01 Å². The molecule has 2 aliphatic rings. The van der Waals surface area contributed by atoms with Crippen LogP contribution in [-0.2, 0) is 16.1 Å². The number of ether oxygens (including phenoxy) is 3. The van der Waals surface area contributed by atoms with E-state index in [1.54, 1.807) is 24.3 Å². The molecule has 2 heterocycles. The van der Waals surface area contributed by atoms with Crippen LogP contribution in [0.2, 0.25) is 0 Å². The van der Waals surface area contributed by atoms with Crippen molar-refractivity contribution < 1.29 is 34.3 Å². The lowest BCUT2D eigenvalue weighted by Crippen LogP contribution is -2.52. The second-order valence-electron chi connectivity index (χ2n) is 8.38. The van der Waals surface area contributed by atoms with Gasteiger partial charge in [0.2, 0.25) is 6.29 Å². The number of carbonyl (C=O) groups is 1. The molecule has 0 radical (unpaired) electrons. The largest absolute Gasteiger partial charge is 0.465 e. The number of rotatable bonds is 8. The highest BCUT2D eigenvalue weighted by molar-refractivity contribution is 6.05. The number of nitrogens with zero attached hydrogens (tertiary/aromatic N) is 3. The van der Waals surface area contributed by atoms with E-state index in [4.69, 9.17) is 20.6 Å². The molecule has 2 aromatic rings. The maximum atomic E-state index is 12.9. The third-order valence-electron chi connectivity index (χ3n) is 5.73. The number of hydrogen-bond donors (Lipinski definition) is 4. The van der Waals surface area contributed by atoms with Crippen LogP contribution in [0, 0.1) is 12.3 Å². The summed E-state index contributed by atoms with van der Waals surface area (Å²) in [5.41, 5.74) is 4.41. The van der Waals surface area contributed by atoms with Crippen LogP contribution in [0.25, 0.3) is 0 Å². The zero-order valence-electron chi connectivity index (χ0n) is 19.9. The van der Waals surface area contributed by atoms with Gasteiger partial charge in [-0.2, -0.15) is 5.01 Å². The van der Waals surface area contributed by atoms with Gasteiger partial charge in [0.1, 0.15) is 24.6 Å². The van der Waals surface area contributed by atoms with Crippen molar-refractivity contribution in [1.29, 1.82) is 0 Å². The number of terminal acetylenes is 1. The van der Waals surface area contributed by atoms with E-state index in [9.17, 15) is 20.1 Å². The van der Waals surface area contributed by atoms with Gasteiger partial charge in [-0.15, -0.1) is 22.5 Å². The van der Waals surface area contributed by atoms with E-state index in [0.717, 1.165) is 5.56 Å². The highest BCUT2D eigenvalue weighted by atomic mass is 16.7. The second-order valence-corrected chi connectivity index (χ2v) is 8.38. The summed E-state index contributed by atoms with van der Waals surface area (Å²) < 4.78 is 16.7. The molecule has 11 heteroatoms. The van der Waals surface area contributed by atoms with Crippen molar-refractivity contribution in [3.05, 3.63) is 65.7 Å². The van der Waals surface area contributed by atoms with Crippen molar-refractivity contribution in [2.24, 2.45) is 10.2 Å². The topological polar surface area (TPSA) is 145 Å². The fourth-order valence-corrected chi connectivity index (χ4v) is 3.73. The van der Waals surface area contributed by atoms with Gasteiger partial charge in [0.15, 0.2) is 11.7 Å². The minimum Gasteiger partial charge on any atom is -0.465 e. The summed E-state index contributed by atoms with van der Waals surface area (Å²) in [5, 5.41) is 38.6. The molecule has 37 heavy (non-hydrogen) atoms. The maximum Gasteiger partial charge on any atom is 0.435 e. The number of aliphatic hydroxyl groups is 3. The molecule has 1 amide bonds. The van der Waals surface area contributed by atoms with Crippen molar-refractivity contribution in [3.8, 4) is 18.1 Å². The number of hydrazine groups is 1. The average Bonchev–Trinajstić information content (AvgIpc) is 2.93. The summed E-state index contributed by atoms with van der Waals surface area (Å²) in [5.74, 6) is 3.71. The van der Waals surface area contributed by atoms with Crippen LogP contribution in [-0.4, -0.2) is 69.3 Å². The molecule has 2 aromatic carbocycles. The van der Waals surface area contributed by atoms with Crippen LogP contribution in [0.3, 0.4) is 0 Å². The Morgan fingerprint density at radius 2 is 1.92 bits per heavy atom. The normalized spacial score (nSPS) is 23.2. The van der Waals surface area contributed by atoms with Gasteiger partial charge in [0.25, 0.3) is 0 Å². The predicted molar refractivity (Wildman–Crippen MR) is 133 cm³/mol. The van der Waals surface area contributed by atoms with Gasteiger partial charge >= 0.3 is 6.09 Å². The maximum absolute atomic E-state index is 12.9. The summed E-state index contributed by atoms with van der Waals surface area (Å²) in [6.07, 6.45) is 1.46. The molecule has 1 fully saturated rings. The number of carbonyl (C=O) groups excluding carboxylic acids is 1. The average molecular weight is 509 g/mol. The first kappa shape index (κ1) is 26.1. The van der Waals surface area contributed by atoms with Crippen molar-refractivity contribution in [1.82, 2.24) is 10.4 Å². The number of amides is 1. The van der Waals surface area contributed by atoms with Gasteiger partial charge in [-0.05, 0) is 17.7 Å². The van der Waals surface area contributed by atoms with E-state index in [0.29, 0.717) is 35.8 Å². The molecule has 0 aliphatic carbocycles. The Hall–Kier alpha value is -3.95. The Bertz CT molecular complexity index is 1160. The molecular formula is C26H28N4O7. The molecule has 4 unspecified atom stereocenters. The molecule has 0 aromatic heterocycles. The lowest BCUT2D eigenvalue weighted by molar-refractivity contribution is -0.229. The molecule has 0 bridgehead atoms. The second kappa shape index (κ2) is 12.3. The first-order valence-electron chi connectivity index (χ1n) is 11.7. The molecular weight excluding hydrogens is 480 g/mol. The molecule has 4 atom stereocenters. The monoisotopic (exact) mass is 508 g/mol. The van der Waals surface area contributed by atoms with Crippen LogP contribution in [0.15, 0.2) is 64.8 Å². The van der Waals surface area contributed by atoms with E-state index >= 15 is 0 Å². The number of benzene rings is 2. The quantitative estimate of drug-likeness (QED) is 0.393. The van der Waals surface area contributed by atoms with Crippen LogP contribution < -0.4 is 10.2 Å². The zero-order chi connectivity index (χ0) is 26.2. The standard InChI is InChI=1S/C26H28N4O7/c1-2-3-9-22-27-28-25(18-7-5-4-6-8-18)29-30(22)26(34)35-16-17-10-12-19(13-11-17)36-23-14-20(32)24(33)21(15-31)37-23/h1,4-8,10-13,20-21,23-24,31-33H,3,9,14-16H2,(H,28,29). The third-order valence-corrected chi connectivity index (χ3v) is 5.73. The van der Waals surface area contributed by atoms with E-state index in [-0.39, 0.29) is 13.0 Å². The summed E-state index contributed by atoms with van der Waals surface area (Å²) in [6.45, 7) is -0.461. The zero-order valence-corrected chi connectivity index (χ0v) is 19.9. The number of hydrogen-bond acceptors (Lipinski definition) is 10. The Balaban J connectivity index is 1.35. The van der Waals surface area contributed by atoms with Gasteiger partial charge in [0, 0.05) is 24.8 Å². The first-order valence-corrected chi connectivity index (χ1v) is 11.7. The molecule has 1 saturated heterocycles. The third kappa shape index (κ3) is 6.63. The van der Waals surface area contributed by atoms with Crippen LogP contribution in [0.1, 0.15) is 30.4 Å². The van der Waals surface area contributed by atoms with E-state index < -0.39 is 37.3 Å². The summed E-state index contributed by atoms with van der Waals surface area (Å²) in [6, 6.07) is 16.0. The lowest BCUT2D eigenvalue weighted by atomic mass is 10.0. The van der Waals surface area contributed by atoms with Gasteiger partial charge in [0.05, 0.1) is 12.7 Å². The lowest BCUT2D eigenvalue weighted by Gasteiger charge is -2.36. The molecule has 4 N–H and O–H groups in total. The number of amidine groups is 2. The summed E-state index contributed by atoms with van der Waals surface area (Å²) in [4.78, 5) is 12.9. The fourth-order valence-electron chi connectivity index (χ4n) is 3.73.